The van der Waals surface area contributed by atoms with Gasteiger partial charge in [0.05, 0.1) is 6.04 Å². The molecule has 5 N–H and O–H groups in total. The fraction of sp³-hybridized carbons (Fsp3) is 0.571. The summed E-state index contributed by atoms with van der Waals surface area (Å²) in [5.41, 5.74) is 10.5. The van der Waals surface area contributed by atoms with Crippen molar-refractivity contribution in [1.82, 2.24) is 14.7 Å². The number of rotatable bonds is 4. The highest BCUT2D eigenvalue weighted by Gasteiger charge is 2.47. The summed E-state index contributed by atoms with van der Waals surface area (Å²) in [4.78, 5) is 51.6. The Labute approximate surface area is 138 Å². The molecule has 0 bridgehead atoms. The summed E-state index contributed by atoms with van der Waals surface area (Å²) in [6, 6.07) is -1.40. The average Bonchev–Trinajstić information content (AvgIpc) is 2.96. The number of amides is 5. The minimum Gasteiger partial charge on any atom is -0.465 e. The number of hydrogen-bond acceptors (Lipinski definition) is 6. The SMILES string of the molecule is CCCCN1C(=O)C(=C(N)N)C(=O)N(C2CCN(C(=O)O)C2)C1=O. The van der Waals surface area contributed by atoms with Crippen LogP contribution in [0.3, 0.4) is 0 Å². The number of hydrogen-bond donors (Lipinski definition) is 3. The van der Waals surface area contributed by atoms with Gasteiger partial charge < -0.3 is 21.5 Å². The lowest BCUT2D eigenvalue weighted by Crippen LogP contribution is -2.60. The molecule has 0 saturated carbocycles. The third-order valence-corrected chi connectivity index (χ3v) is 4.15. The maximum atomic E-state index is 12.6. The van der Waals surface area contributed by atoms with Crippen LogP contribution in [0.5, 0.6) is 0 Å². The number of urea groups is 1. The summed E-state index contributed by atoms with van der Waals surface area (Å²) in [6.45, 7) is 2.25. The van der Waals surface area contributed by atoms with Gasteiger partial charge >= 0.3 is 12.1 Å². The number of nitrogens with two attached hydrogens (primary N) is 2. The van der Waals surface area contributed by atoms with Gasteiger partial charge in [-0.2, -0.15) is 0 Å². The zero-order chi connectivity index (χ0) is 18.0. The van der Waals surface area contributed by atoms with E-state index in [1.807, 2.05) is 6.92 Å². The summed E-state index contributed by atoms with van der Waals surface area (Å²) >= 11 is 0. The zero-order valence-corrected chi connectivity index (χ0v) is 13.4. The van der Waals surface area contributed by atoms with Gasteiger partial charge in [-0.25, -0.2) is 9.59 Å². The molecule has 2 heterocycles. The fourth-order valence-corrected chi connectivity index (χ4v) is 2.86. The van der Waals surface area contributed by atoms with Gasteiger partial charge in [0.2, 0.25) is 0 Å². The molecule has 5 amide bonds. The predicted octanol–water partition coefficient (Wildman–Crippen LogP) is -0.541. The highest BCUT2D eigenvalue weighted by molar-refractivity contribution is 6.29. The molecule has 0 aromatic carbocycles. The Hall–Kier alpha value is -2.78. The highest BCUT2D eigenvalue weighted by atomic mass is 16.4. The zero-order valence-electron chi connectivity index (χ0n) is 13.4. The lowest BCUT2D eigenvalue weighted by molar-refractivity contribution is -0.137. The topological polar surface area (TPSA) is 150 Å². The first-order chi connectivity index (χ1) is 11.3. The molecule has 132 valence electrons. The van der Waals surface area contributed by atoms with Crippen molar-refractivity contribution in [2.24, 2.45) is 11.5 Å². The molecule has 24 heavy (non-hydrogen) atoms. The van der Waals surface area contributed by atoms with Gasteiger partial charge in [0.25, 0.3) is 11.8 Å². The van der Waals surface area contributed by atoms with E-state index in [-0.39, 0.29) is 19.6 Å². The van der Waals surface area contributed by atoms with Crippen molar-refractivity contribution >= 4 is 23.9 Å². The molecular formula is C14H21N5O5. The van der Waals surface area contributed by atoms with Crippen molar-refractivity contribution in [2.45, 2.75) is 32.2 Å². The molecule has 10 nitrogen and oxygen atoms in total. The Bertz CT molecular complexity index is 613. The maximum absolute atomic E-state index is 12.6. The van der Waals surface area contributed by atoms with Crippen molar-refractivity contribution in [3.8, 4) is 0 Å². The molecule has 1 atom stereocenters. The van der Waals surface area contributed by atoms with E-state index in [2.05, 4.69) is 0 Å². The lowest BCUT2D eigenvalue weighted by atomic mass is 10.1. The van der Waals surface area contributed by atoms with Crippen molar-refractivity contribution in [3.63, 3.8) is 0 Å². The molecule has 1 unspecified atom stereocenters. The van der Waals surface area contributed by atoms with E-state index in [1.165, 1.54) is 0 Å². The number of carbonyl (C=O) groups excluding carboxylic acids is 3. The number of nitrogens with zero attached hydrogens (tertiary/aromatic N) is 3. The Kier molecular flexibility index (Phi) is 4.96. The van der Waals surface area contributed by atoms with Crippen molar-refractivity contribution in [3.05, 3.63) is 11.4 Å². The van der Waals surface area contributed by atoms with Crippen LogP contribution >= 0.6 is 0 Å². The number of carboxylic acid groups (broad SMARTS) is 1. The molecule has 0 aromatic rings. The van der Waals surface area contributed by atoms with Crippen LogP contribution in [-0.4, -0.2) is 69.4 Å². The molecule has 2 fully saturated rings. The lowest BCUT2D eigenvalue weighted by Gasteiger charge is -2.37. The van der Waals surface area contributed by atoms with Crippen LogP contribution in [0.2, 0.25) is 0 Å². The Morgan fingerprint density at radius 3 is 2.42 bits per heavy atom. The first-order valence-corrected chi connectivity index (χ1v) is 7.72. The molecule has 0 spiro atoms. The van der Waals surface area contributed by atoms with Gasteiger partial charge in [-0.15, -0.1) is 0 Å². The van der Waals surface area contributed by atoms with Crippen LogP contribution in [-0.2, 0) is 9.59 Å². The van der Waals surface area contributed by atoms with Gasteiger partial charge in [-0.1, -0.05) is 13.3 Å². The molecular weight excluding hydrogens is 318 g/mol. The van der Waals surface area contributed by atoms with E-state index in [9.17, 15) is 19.2 Å². The van der Waals surface area contributed by atoms with Gasteiger partial charge in [0.15, 0.2) is 0 Å². The van der Waals surface area contributed by atoms with Gasteiger partial charge in [-0.3, -0.25) is 19.4 Å². The van der Waals surface area contributed by atoms with Gasteiger partial charge in [-0.05, 0) is 12.8 Å². The molecule has 2 saturated heterocycles. The van der Waals surface area contributed by atoms with E-state index in [0.717, 1.165) is 21.1 Å². The first-order valence-electron chi connectivity index (χ1n) is 7.72. The third-order valence-electron chi connectivity index (χ3n) is 4.15. The quantitative estimate of drug-likeness (QED) is 0.459. The highest BCUT2D eigenvalue weighted by Crippen LogP contribution is 2.25. The average molecular weight is 339 g/mol. The number of imide groups is 2. The van der Waals surface area contributed by atoms with Gasteiger partial charge in [0.1, 0.15) is 11.4 Å². The Morgan fingerprint density at radius 2 is 1.92 bits per heavy atom. The number of barbiturate groups is 1. The Balaban J connectivity index is 2.33. The third kappa shape index (κ3) is 2.99. The molecule has 0 aromatic heterocycles. The molecule has 2 aliphatic heterocycles. The molecule has 10 heteroatoms. The number of unbranched alkanes of at least 4 members (excludes halogenated alkanes) is 1. The summed E-state index contributed by atoms with van der Waals surface area (Å²) in [7, 11) is 0. The number of carbonyl (C=O) groups is 4. The minimum absolute atomic E-state index is 0.000375. The van der Waals surface area contributed by atoms with E-state index in [1.54, 1.807) is 0 Å². The normalized spacial score (nSPS) is 21.7. The molecule has 2 rings (SSSR count). The number of likely N-dealkylation sites (tertiary alicyclic amines) is 1. The monoisotopic (exact) mass is 339 g/mol. The first kappa shape index (κ1) is 17.6. The second kappa shape index (κ2) is 6.77. The van der Waals surface area contributed by atoms with E-state index in [4.69, 9.17) is 16.6 Å². The summed E-state index contributed by atoms with van der Waals surface area (Å²) < 4.78 is 0. The van der Waals surface area contributed by atoms with E-state index >= 15 is 0 Å². The van der Waals surface area contributed by atoms with Gasteiger partial charge in [0, 0.05) is 19.6 Å². The summed E-state index contributed by atoms with van der Waals surface area (Å²) in [5.74, 6) is -2.12. The van der Waals surface area contributed by atoms with Crippen LogP contribution in [0.4, 0.5) is 9.59 Å². The second-order valence-corrected chi connectivity index (χ2v) is 5.77. The smallest absolute Gasteiger partial charge is 0.407 e. The molecule has 2 aliphatic rings. The predicted molar refractivity (Wildman–Crippen MR) is 82.3 cm³/mol. The van der Waals surface area contributed by atoms with E-state index in [0.29, 0.717) is 12.8 Å². The van der Waals surface area contributed by atoms with Crippen LogP contribution < -0.4 is 11.5 Å². The fourth-order valence-electron chi connectivity index (χ4n) is 2.86. The molecule has 0 radical (unpaired) electrons. The van der Waals surface area contributed by atoms with Crippen LogP contribution in [0.25, 0.3) is 0 Å². The Morgan fingerprint density at radius 1 is 1.25 bits per heavy atom. The summed E-state index contributed by atoms with van der Waals surface area (Å²) in [6.07, 6.45) is 0.501. The minimum atomic E-state index is -1.12. The maximum Gasteiger partial charge on any atom is 0.407 e. The van der Waals surface area contributed by atoms with Crippen molar-refractivity contribution in [1.29, 1.82) is 0 Å². The molecule has 0 aliphatic carbocycles. The van der Waals surface area contributed by atoms with Crippen LogP contribution in [0.1, 0.15) is 26.2 Å². The van der Waals surface area contributed by atoms with Crippen LogP contribution in [0, 0.1) is 0 Å². The second-order valence-electron chi connectivity index (χ2n) is 5.77. The standard InChI is InChI=1S/C14H21N5O5/c1-2-3-5-18-11(20)9(10(15)16)12(21)19(13(18)22)8-4-6-17(7-8)14(23)24/h8H,2-7,15-16H2,1H3,(H,23,24). The van der Waals surface area contributed by atoms with Crippen LogP contribution in [0.15, 0.2) is 11.4 Å². The van der Waals surface area contributed by atoms with E-state index < -0.39 is 41.4 Å². The van der Waals surface area contributed by atoms with Crippen molar-refractivity contribution in [2.75, 3.05) is 19.6 Å². The largest absolute Gasteiger partial charge is 0.465 e. The summed E-state index contributed by atoms with van der Waals surface area (Å²) in [5, 5.41) is 9.04. The van der Waals surface area contributed by atoms with Crippen molar-refractivity contribution < 1.29 is 24.3 Å².